The first-order chi connectivity index (χ1) is 18.2. The van der Waals surface area contributed by atoms with Gasteiger partial charge in [0.2, 0.25) is 0 Å². The molecule has 0 amide bonds. The van der Waals surface area contributed by atoms with Gasteiger partial charge in [0.1, 0.15) is 28.2 Å². The number of aromatic nitrogens is 3. The highest BCUT2D eigenvalue weighted by molar-refractivity contribution is 7.18. The van der Waals surface area contributed by atoms with Crippen LogP contribution >= 0.6 is 11.3 Å². The first-order valence-corrected chi connectivity index (χ1v) is 13.9. The van der Waals surface area contributed by atoms with Gasteiger partial charge in [-0.1, -0.05) is 13.0 Å². The third-order valence-electron chi connectivity index (χ3n) is 8.04. The summed E-state index contributed by atoms with van der Waals surface area (Å²) in [6.45, 7) is 8.68. The summed E-state index contributed by atoms with van der Waals surface area (Å²) in [6, 6.07) is 9.97. The Morgan fingerprint density at radius 2 is 1.95 bits per heavy atom. The topological polar surface area (TPSA) is 71.8 Å². The fourth-order valence-corrected chi connectivity index (χ4v) is 7.21. The minimum Gasteiger partial charge on any atom is -0.356 e. The van der Waals surface area contributed by atoms with Gasteiger partial charge in [-0.15, -0.1) is 11.3 Å². The zero-order chi connectivity index (χ0) is 26.6. The number of aromatic amines is 1. The third kappa shape index (κ3) is 4.74. The molecule has 0 spiro atoms. The van der Waals surface area contributed by atoms with E-state index in [-0.39, 0.29) is 4.88 Å². The number of halogens is 3. The maximum absolute atomic E-state index is 13.1. The van der Waals surface area contributed by atoms with Crippen LogP contribution in [0.1, 0.15) is 40.9 Å². The summed E-state index contributed by atoms with van der Waals surface area (Å²) in [5.41, 5.74) is 4.05. The van der Waals surface area contributed by atoms with Crippen molar-refractivity contribution in [3.05, 3.63) is 51.8 Å². The second-order valence-electron chi connectivity index (χ2n) is 10.6. The van der Waals surface area contributed by atoms with Crippen molar-refractivity contribution in [1.82, 2.24) is 19.9 Å². The number of alkyl halides is 3. The lowest BCUT2D eigenvalue weighted by Crippen LogP contribution is -2.40. The minimum atomic E-state index is -4.24. The Bertz CT molecular complexity index is 1550. The van der Waals surface area contributed by atoms with E-state index in [2.05, 4.69) is 44.9 Å². The number of nitriles is 1. The lowest BCUT2D eigenvalue weighted by molar-refractivity contribution is -0.126. The van der Waals surface area contributed by atoms with E-state index in [0.717, 1.165) is 72.6 Å². The summed E-state index contributed by atoms with van der Waals surface area (Å²) in [5, 5.41) is 11.1. The lowest BCUT2D eigenvalue weighted by Gasteiger charge is -2.35. The van der Waals surface area contributed by atoms with Crippen LogP contribution in [0.15, 0.2) is 24.3 Å². The van der Waals surface area contributed by atoms with Crippen molar-refractivity contribution in [3.63, 3.8) is 0 Å². The molecule has 198 valence electrons. The predicted octanol–water partition coefficient (Wildman–Crippen LogP) is 5.98. The second-order valence-corrected chi connectivity index (χ2v) is 11.7. The molecule has 38 heavy (non-hydrogen) atoms. The summed E-state index contributed by atoms with van der Waals surface area (Å²) in [5.74, 6) is 2.54. The van der Waals surface area contributed by atoms with Crippen LogP contribution in [0.2, 0.25) is 0 Å². The Morgan fingerprint density at radius 3 is 2.71 bits per heavy atom. The number of likely N-dealkylation sites (tertiary alicyclic amines) is 1. The molecule has 0 aliphatic carbocycles. The Kier molecular flexibility index (Phi) is 6.31. The molecule has 1 aromatic carbocycles. The molecule has 1 N–H and O–H groups in total. The molecule has 0 radical (unpaired) electrons. The molecular formula is C28H29F3N6S. The summed E-state index contributed by atoms with van der Waals surface area (Å²) in [7, 11) is 0. The molecule has 5 heterocycles. The van der Waals surface area contributed by atoms with Crippen LogP contribution in [0.4, 0.5) is 19.0 Å². The molecule has 3 aromatic heterocycles. The predicted molar refractivity (Wildman–Crippen MR) is 143 cm³/mol. The zero-order valence-electron chi connectivity index (χ0n) is 21.4. The van der Waals surface area contributed by atoms with Crippen molar-refractivity contribution in [2.75, 3.05) is 31.1 Å². The van der Waals surface area contributed by atoms with Crippen molar-refractivity contribution < 1.29 is 13.2 Å². The highest BCUT2D eigenvalue weighted by Gasteiger charge is 2.38. The molecule has 2 fully saturated rings. The van der Waals surface area contributed by atoms with Gasteiger partial charge in [0.15, 0.2) is 0 Å². The van der Waals surface area contributed by atoms with Crippen LogP contribution in [-0.4, -0.2) is 52.2 Å². The number of piperidine rings is 1. The van der Waals surface area contributed by atoms with Crippen LogP contribution < -0.4 is 4.90 Å². The minimum absolute atomic E-state index is 0.287. The van der Waals surface area contributed by atoms with Gasteiger partial charge < -0.3 is 9.88 Å². The van der Waals surface area contributed by atoms with E-state index < -0.39 is 12.6 Å². The number of rotatable bonds is 5. The average Bonchev–Trinajstić information content (AvgIpc) is 3.59. The third-order valence-corrected chi connectivity index (χ3v) is 9.07. The summed E-state index contributed by atoms with van der Waals surface area (Å²) >= 11 is 1.13. The maximum Gasteiger partial charge on any atom is 0.393 e. The molecule has 10 heteroatoms. The van der Waals surface area contributed by atoms with Crippen LogP contribution in [0.5, 0.6) is 0 Å². The molecular weight excluding hydrogens is 509 g/mol. The molecule has 6 nitrogen and oxygen atoms in total. The van der Waals surface area contributed by atoms with Crippen molar-refractivity contribution >= 4 is 38.3 Å². The average molecular weight is 539 g/mol. The largest absolute Gasteiger partial charge is 0.393 e. The van der Waals surface area contributed by atoms with Crippen molar-refractivity contribution in [3.8, 4) is 6.07 Å². The van der Waals surface area contributed by atoms with Crippen LogP contribution in [0, 0.1) is 30.1 Å². The number of nitrogens with one attached hydrogen (secondary N) is 1. The number of aryl methyl sites for hydroxylation is 2. The number of anilines is 1. The number of hydrogen-bond acceptors (Lipinski definition) is 6. The Balaban J connectivity index is 1.21. The molecule has 2 aliphatic heterocycles. The van der Waals surface area contributed by atoms with E-state index in [9.17, 15) is 18.4 Å². The molecule has 2 unspecified atom stereocenters. The van der Waals surface area contributed by atoms with Gasteiger partial charge in [0.05, 0.1) is 11.8 Å². The number of benzene rings is 1. The Labute approximate surface area is 223 Å². The van der Waals surface area contributed by atoms with Crippen LogP contribution in [0.3, 0.4) is 0 Å². The first-order valence-electron chi connectivity index (χ1n) is 13.1. The number of H-pyrrole nitrogens is 1. The highest BCUT2D eigenvalue weighted by Crippen LogP contribution is 2.39. The molecule has 2 aliphatic rings. The summed E-state index contributed by atoms with van der Waals surface area (Å²) < 4.78 is 39.2. The fourth-order valence-electron chi connectivity index (χ4n) is 6.14. The lowest BCUT2D eigenvalue weighted by atomic mass is 9.88. The Hall–Kier alpha value is -3.16. The first kappa shape index (κ1) is 25.1. The molecule has 0 bridgehead atoms. The number of fused-ring (bicyclic) bond motifs is 3. The van der Waals surface area contributed by atoms with Gasteiger partial charge in [-0.3, -0.25) is 4.90 Å². The normalized spacial score (nSPS) is 20.4. The van der Waals surface area contributed by atoms with E-state index in [1.807, 2.05) is 13.0 Å². The van der Waals surface area contributed by atoms with E-state index >= 15 is 0 Å². The van der Waals surface area contributed by atoms with Gasteiger partial charge in [-0.2, -0.15) is 18.4 Å². The van der Waals surface area contributed by atoms with Crippen molar-refractivity contribution in [2.45, 2.75) is 45.8 Å². The smallest absolute Gasteiger partial charge is 0.356 e. The molecule has 2 atom stereocenters. The molecule has 2 saturated heterocycles. The number of hydrogen-bond donors (Lipinski definition) is 1. The number of nitrogens with zero attached hydrogens (tertiary/aromatic N) is 5. The number of thiophene rings is 1. The molecule has 0 saturated carbocycles. The van der Waals surface area contributed by atoms with Gasteiger partial charge in [-0.05, 0) is 54.5 Å². The van der Waals surface area contributed by atoms with Gasteiger partial charge in [0, 0.05) is 54.9 Å². The van der Waals surface area contributed by atoms with Crippen LogP contribution in [0.25, 0.3) is 21.1 Å². The zero-order valence-corrected chi connectivity index (χ0v) is 22.2. The van der Waals surface area contributed by atoms with E-state index in [0.29, 0.717) is 34.6 Å². The summed E-state index contributed by atoms with van der Waals surface area (Å²) in [6.07, 6.45) is -3.49. The van der Waals surface area contributed by atoms with E-state index in [1.54, 1.807) is 6.07 Å². The van der Waals surface area contributed by atoms with Gasteiger partial charge in [-0.25, -0.2) is 9.97 Å². The fraction of sp³-hybridized carbons (Fsp3) is 0.464. The van der Waals surface area contributed by atoms with Gasteiger partial charge in [0.25, 0.3) is 0 Å². The Morgan fingerprint density at radius 1 is 1.13 bits per heavy atom. The molecule has 6 rings (SSSR count). The maximum atomic E-state index is 13.1. The van der Waals surface area contributed by atoms with E-state index in [4.69, 9.17) is 4.98 Å². The van der Waals surface area contributed by atoms with Gasteiger partial charge >= 0.3 is 6.18 Å². The highest BCUT2D eigenvalue weighted by atomic mass is 32.1. The van der Waals surface area contributed by atoms with Crippen molar-refractivity contribution in [2.24, 2.45) is 11.8 Å². The monoisotopic (exact) mass is 538 g/mol. The quantitative estimate of drug-likeness (QED) is 0.339. The van der Waals surface area contributed by atoms with Crippen molar-refractivity contribution in [1.29, 1.82) is 5.26 Å². The van der Waals surface area contributed by atoms with E-state index in [1.165, 1.54) is 11.1 Å². The molecule has 4 aromatic rings. The summed E-state index contributed by atoms with van der Waals surface area (Å²) in [4.78, 5) is 18.2. The standard InChI is InChI=1S/C28H29F3N6S/c1-3-25-34-26(23-9-21(10-28(29,30)31)38-27(23)35-25)37-7-6-18-13-36(14-19(18)15-37)12-17-4-5-24-22(16(17)2)8-20(11-32)33-24/h4-5,8-9,18-19,33H,3,6-7,10,12-15H2,1-2H3. The SMILES string of the molecule is CCc1nc(N2CCC3CN(Cc4ccc5[nH]c(C#N)cc5c4C)CC3C2)c2cc(CC(F)(F)F)sc2n1. The van der Waals surface area contributed by atoms with Crippen LogP contribution in [-0.2, 0) is 19.4 Å². The second kappa shape index (κ2) is 9.54.